The molecule has 0 unspecified atom stereocenters. The first-order chi connectivity index (χ1) is 16.5. The third-order valence-corrected chi connectivity index (χ3v) is 6.54. The van der Waals surface area contributed by atoms with E-state index < -0.39 is 6.04 Å². The minimum absolute atomic E-state index is 0.206. The van der Waals surface area contributed by atoms with Crippen molar-refractivity contribution < 1.29 is 19.4 Å². The van der Waals surface area contributed by atoms with Crippen LogP contribution in [0.3, 0.4) is 0 Å². The van der Waals surface area contributed by atoms with Crippen LogP contribution in [0.15, 0.2) is 60.9 Å². The fraction of sp³-hybridized carbons (Fsp3) is 0.346. The van der Waals surface area contributed by atoms with Crippen molar-refractivity contribution in [3.05, 3.63) is 77.6 Å². The zero-order valence-electron chi connectivity index (χ0n) is 19.2. The van der Waals surface area contributed by atoms with Crippen molar-refractivity contribution in [2.45, 2.75) is 37.3 Å². The van der Waals surface area contributed by atoms with Crippen molar-refractivity contribution in [1.82, 2.24) is 20.8 Å². The van der Waals surface area contributed by atoms with Crippen LogP contribution in [0, 0.1) is 0 Å². The molecule has 0 radical (unpaired) electrons. The van der Waals surface area contributed by atoms with Crippen LogP contribution in [-0.2, 0) is 4.74 Å². The van der Waals surface area contributed by atoms with E-state index in [4.69, 9.17) is 4.74 Å². The zero-order chi connectivity index (χ0) is 24.0. The summed E-state index contributed by atoms with van der Waals surface area (Å²) in [6, 6.07) is 13.5. The summed E-state index contributed by atoms with van der Waals surface area (Å²) >= 11 is 0. The second-order valence-electron chi connectivity index (χ2n) is 8.68. The van der Waals surface area contributed by atoms with Crippen LogP contribution in [0.1, 0.15) is 58.0 Å². The summed E-state index contributed by atoms with van der Waals surface area (Å²) in [5.41, 5.74) is 3.18. The minimum Gasteiger partial charge on any atom is -0.394 e. The van der Waals surface area contributed by atoms with Gasteiger partial charge in [-0.15, -0.1) is 0 Å². The first-order valence-electron chi connectivity index (χ1n) is 11.5. The van der Waals surface area contributed by atoms with Crippen LogP contribution in [0.5, 0.6) is 0 Å². The van der Waals surface area contributed by atoms with E-state index in [0.717, 1.165) is 36.8 Å². The highest BCUT2D eigenvalue weighted by Crippen LogP contribution is 2.32. The number of H-pyrrole nitrogens is 1. The molecule has 178 valence electrons. The number of hydrogen-bond donors (Lipinski definition) is 4. The smallest absolute Gasteiger partial charge is 0.251 e. The molecule has 8 nitrogen and oxygen atoms in total. The van der Waals surface area contributed by atoms with E-state index >= 15 is 0 Å². The second kappa shape index (κ2) is 10.6. The van der Waals surface area contributed by atoms with Gasteiger partial charge in [-0.3, -0.25) is 14.7 Å². The Bertz CT molecular complexity index is 1110. The van der Waals surface area contributed by atoms with Gasteiger partial charge in [-0.2, -0.15) is 5.10 Å². The molecule has 0 aliphatic heterocycles. The Labute approximate surface area is 198 Å². The van der Waals surface area contributed by atoms with Gasteiger partial charge in [-0.25, -0.2) is 0 Å². The van der Waals surface area contributed by atoms with E-state index in [-0.39, 0.29) is 24.0 Å². The van der Waals surface area contributed by atoms with Gasteiger partial charge in [-0.05, 0) is 48.2 Å². The Morgan fingerprint density at radius 3 is 2.50 bits per heavy atom. The molecule has 0 saturated heterocycles. The number of rotatable bonds is 9. The lowest BCUT2D eigenvalue weighted by molar-refractivity contribution is -0.00260. The lowest BCUT2D eigenvalue weighted by atomic mass is 10.0. The highest BCUT2D eigenvalue weighted by molar-refractivity contribution is 5.95. The van der Waals surface area contributed by atoms with Gasteiger partial charge in [0.2, 0.25) is 0 Å². The average Bonchev–Trinajstić information content (AvgIpc) is 3.59. The topological polar surface area (TPSA) is 116 Å². The van der Waals surface area contributed by atoms with Gasteiger partial charge >= 0.3 is 0 Å². The zero-order valence-corrected chi connectivity index (χ0v) is 19.2. The molecule has 1 aliphatic rings. The predicted molar refractivity (Wildman–Crippen MR) is 128 cm³/mol. The molecular weight excluding hydrogens is 432 g/mol. The van der Waals surface area contributed by atoms with Gasteiger partial charge in [0.05, 0.1) is 24.4 Å². The van der Waals surface area contributed by atoms with Gasteiger partial charge in [0.1, 0.15) is 0 Å². The number of benzene rings is 2. The number of aromatic nitrogens is 2. The summed E-state index contributed by atoms with van der Waals surface area (Å²) in [4.78, 5) is 25.6. The highest BCUT2D eigenvalue weighted by Gasteiger charge is 2.34. The number of aliphatic hydroxyl groups is 1. The fourth-order valence-electron chi connectivity index (χ4n) is 4.41. The molecule has 0 spiro atoms. The summed E-state index contributed by atoms with van der Waals surface area (Å²) in [5, 5.41) is 22.5. The number of nitrogens with zero attached hydrogens (tertiary/aromatic N) is 1. The maximum Gasteiger partial charge on any atom is 0.251 e. The first kappa shape index (κ1) is 23.7. The molecule has 3 aromatic rings. The first-order valence-corrected chi connectivity index (χ1v) is 11.5. The molecule has 34 heavy (non-hydrogen) atoms. The number of amides is 2. The average molecular weight is 463 g/mol. The Balaban J connectivity index is 1.41. The Hall–Kier alpha value is -3.49. The molecular formula is C26H30N4O4. The van der Waals surface area contributed by atoms with Gasteiger partial charge in [-0.1, -0.05) is 37.1 Å². The number of carbonyl (C=O) groups is 2. The number of aliphatic hydroxyl groups excluding tert-OH is 1. The highest BCUT2D eigenvalue weighted by atomic mass is 16.5. The van der Waals surface area contributed by atoms with Crippen molar-refractivity contribution >= 4 is 11.8 Å². The van der Waals surface area contributed by atoms with E-state index in [9.17, 15) is 14.7 Å². The normalized spacial score (nSPS) is 15.6. The van der Waals surface area contributed by atoms with Crippen LogP contribution in [0.4, 0.5) is 0 Å². The number of hydrogen-bond acceptors (Lipinski definition) is 5. The molecule has 0 bridgehead atoms. The number of nitrogens with one attached hydrogen (secondary N) is 3. The summed E-state index contributed by atoms with van der Waals surface area (Å²) in [7, 11) is 1.69. The van der Waals surface area contributed by atoms with Gasteiger partial charge in [0.25, 0.3) is 11.8 Å². The molecule has 1 fully saturated rings. The summed E-state index contributed by atoms with van der Waals surface area (Å²) < 4.78 is 5.68. The molecule has 1 aliphatic carbocycles. The van der Waals surface area contributed by atoms with E-state index in [1.54, 1.807) is 55.9 Å². The SMILES string of the molecule is COC1(CNC(=O)c2cccc([C@@H](CO)NC(=O)c3ccc(-c4cn[nH]c4)cc3)c2)CCCC1. The Kier molecular flexibility index (Phi) is 7.40. The van der Waals surface area contributed by atoms with Crippen molar-refractivity contribution in [3.63, 3.8) is 0 Å². The van der Waals surface area contributed by atoms with Gasteiger partial charge in [0, 0.05) is 36.5 Å². The van der Waals surface area contributed by atoms with Gasteiger partial charge in [0.15, 0.2) is 0 Å². The van der Waals surface area contributed by atoms with Gasteiger partial charge < -0.3 is 20.5 Å². The lowest BCUT2D eigenvalue weighted by Gasteiger charge is -2.27. The fourth-order valence-corrected chi connectivity index (χ4v) is 4.41. The molecule has 1 atom stereocenters. The monoisotopic (exact) mass is 462 g/mol. The molecule has 8 heteroatoms. The van der Waals surface area contributed by atoms with Crippen LogP contribution < -0.4 is 10.6 Å². The van der Waals surface area contributed by atoms with Crippen LogP contribution in [0.2, 0.25) is 0 Å². The molecule has 1 heterocycles. The lowest BCUT2D eigenvalue weighted by Crippen LogP contribution is -2.42. The molecule has 4 rings (SSSR count). The third kappa shape index (κ3) is 5.35. The summed E-state index contributed by atoms with van der Waals surface area (Å²) in [6.07, 6.45) is 7.56. The Morgan fingerprint density at radius 1 is 1.09 bits per heavy atom. The largest absolute Gasteiger partial charge is 0.394 e. The van der Waals surface area contributed by atoms with Crippen LogP contribution in [-0.4, -0.2) is 53.0 Å². The van der Waals surface area contributed by atoms with E-state index in [2.05, 4.69) is 20.8 Å². The van der Waals surface area contributed by atoms with Crippen molar-refractivity contribution in [2.75, 3.05) is 20.3 Å². The summed E-state index contributed by atoms with van der Waals surface area (Å²) in [6.45, 7) is 0.165. The number of ether oxygens (including phenoxy) is 1. The van der Waals surface area contributed by atoms with Crippen LogP contribution >= 0.6 is 0 Å². The molecule has 1 saturated carbocycles. The quantitative estimate of drug-likeness (QED) is 0.390. The Morgan fingerprint density at radius 2 is 1.85 bits per heavy atom. The molecule has 2 aromatic carbocycles. The third-order valence-electron chi connectivity index (χ3n) is 6.54. The predicted octanol–water partition coefficient (Wildman–Crippen LogP) is 3.23. The van der Waals surface area contributed by atoms with E-state index in [0.29, 0.717) is 23.2 Å². The standard InChI is InChI=1S/C26H30N4O4/c1-34-26(11-2-3-12-26)17-27-24(32)21-6-4-5-20(13-21)23(16-31)30-25(33)19-9-7-18(8-10-19)22-14-28-29-15-22/h4-10,13-15,23,31H,2-3,11-12,16-17H2,1H3,(H,27,32)(H,28,29)(H,30,33)/t23-/m1/s1. The molecule has 2 amide bonds. The van der Waals surface area contributed by atoms with Crippen molar-refractivity contribution in [1.29, 1.82) is 0 Å². The maximum atomic E-state index is 12.8. The number of methoxy groups -OCH3 is 1. The molecule has 4 N–H and O–H groups in total. The second-order valence-corrected chi connectivity index (χ2v) is 8.68. The molecule has 1 aromatic heterocycles. The maximum absolute atomic E-state index is 12.8. The number of aromatic amines is 1. The van der Waals surface area contributed by atoms with Crippen LogP contribution in [0.25, 0.3) is 11.1 Å². The van der Waals surface area contributed by atoms with Crippen molar-refractivity contribution in [3.8, 4) is 11.1 Å². The van der Waals surface area contributed by atoms with E-state index in [1.165, 1.54) is 0 Å². The minimum atomic E-state index is -0.644. The number of carbonyl (C=O) groups excluding carboxylic acids is 2. The van der Waals surface area contributed by atoms with E-state index in [1.807, 2.05) is 12.1 Å². The van der Waals surface area contributed by atoms with Crippen molar-refractivity contribution in [2.24, 2.45) is 0 Å². The summed E-state index contributed by atoms with van der Waals surface area (Å²) in [5.74, 6) is -0.515.